The highest BCUT2D eigenvalue weighted by Crippen LogP contribution is 2.46. The molecule has 108 valence electrons. The molecule has 3 rings (SSSR count). The lowest BCUT2D eigenvalue weighted by atomic mass is 9.67. The summed E-state index contributed by atoms with van der Waals surface area (Å²) in [5.74, 6) is 2.13. The smallest absolute Gasteiger partial charge is 0.230 e. The average Bonchev–Trinajstić information content (AvgIpc) is 2.81. The zero-order valence-corrected chi connectivity index (χ0v) is 13.0. The molecule has 3 aliphatic rings. The Hall–Kier alpha value is -0.220. The minimum atomic E-state index is -0.0592. The van der Waals surface area contributed by atoms with Crippen molar-refractivity contribution in [1.29, 1.82) is 0 Å². The molecule has 1 amide bonds. The fourth-order valence-electron chi connectivity index (χ4n) is 4.17. The molecule has 3 fully saturated rings. The number of hydrogen-bond acceptors (Lipinski definition) is 3. The van der Waals surface area contributed by atoms with Gasteiger partial charge in [-0.1, -0.05) is 12.8 Å². The van der Waals surface area contributed by atoms with Crippen LogP contribution in [0.5, 0.6) is 0 Å². The summed E-state index contributed by atoms with van der Waals surface area (Å²) in [5, 5.41) is 3.49. The molecule has 1 N–H and O–H groups in total. The highest BCUT2D eigenvalue weighted by atomic mass is 32.2. The molecule has 2 atom stereocenters. The van der Waals surface area contributed by atoms with Crippen LogP contribution in [-0.2, 0) is 4.79 Å². The minimum absolute atomic E-state index is 0.0592. The molecule has 1 aliphatic carbocycles. The summed E-state index contributed by atoms with van der Waals surface area (Å²) in [7, 11) is 0. The van der Waals surface area contributed by atoms with Crippen molar-refractivity contribution in [2.24, 2.45) is 11.3 Å². The third-order valence-corrected chi connectivity index (χ3v) is 6.47. The van der Waals surface area contributed by atoms with Gasteiger partial charge in [0.25, 0.3) is 0 Å². The number of hydrogen-bond donors (Lipinski definition) is 1. The first-order chi connectivity index (χ1) is 9.04. The first-order valence-electron chi connectivity index (χ1n) is 7.68. The van der Waals surface area contributed by atoms with Crippen molar-refractivity contribution in [3.05, 3.63) is 0 Å². The van der Waals surface area contributed by atoms with Gasteiger partial charge in [-0.25, -0.2) is 0 Å². The summed E-state index contributed by atoms with van der Waals surface area (Å²) in [6.45, 7) is 8.37. The van der Waals surface area contributed by atoms with Gasteiger partial charge in [-0.15, -0.1) is 0 Å². The van der Waals surface area contributed by atoms with E-state index in [-0.39, 0.29) is 10.2 Å². The van der Waals surface area contributed by atoms with Crippen LogP contribution in [0.4, 0.5) is 0 Å². The molecule has 0 unspecified atom stereocenters. The standard InChI is InChI=1S/C15H26N2OS/c1-14(2)11-17(7-8-19-14)13(18)15-6-4-3-5-12(15)9-16-10-15/h12,16H,3-11H2,1-2H3/t12-,15+/m0/s1. The lowest BCUT2D eigenvalue weighted by Gasteiger charge is -2.45. The molecule has 19 heavy (non-hydrogen) atoms. The molecule has 4 heteroatoms. The fraction of sp³-hybridized carbons (Fsp3) is 0.933. The van der Waals surface area contributed by atoms with E-state index in [2.05, 4.69) is 24.1 Å². The normalized spacial score (nSPS) is 38.0. The van der Waals surface area contributed by atoms with Crippen molar-refractivity contribution in [1.82, 2.24) is 10.2 Å². The van der Waals surface area contributed by atoms with Gasteiger partial charge in [-0.3, -0.25) is 4.79 Å². The predicted octanol–water partition coefficient (Wildman–Crippen LogP) is 2.12. The van der Waals surface area contributed by atoms with Gasteiger partial charge in [-0.2, -0.15) is 11.8 Å². The number of fused-ring (bicyclic) bond motifs is 1. The van der Waals surface area contributed by atoms with E-state index in [0.29, 0.717) is 11.8 Å². The fourth-order valence-corrected chi connectivity index (χ4v) is 5.28. The Labute approximate surface area is 120 Å². The summed E-state index contributed by atoms with van der Waals surface area (Å²) in [6.07, 6.45) is 4.89. The van der Waals surface area contributed by atoms with E-state index in [1.807, 2.05) is 11.8 Å². The summed E-state index contributed by atoms with van der Waals surface area (Å²) in [5.41, 5.74) is -0.0592. The second kappa shape index (κ2) is 4.96. The molecule has 0 aromatic rings. The van der Waals surface area contributed by atoms with Crippen molar-refractivity contribution in [2.75, 3.05) is 31.9 Å². The number of carbonyl (C=O) groups excluding carboxylic acids is 1. The average molecular weight is 282 g/mol. The minimum Gasteiger partial charge on any atom is -0.340 e. The topological polar surface area (TPSA) is 32.3 Å². The molecule has 1 saturated carbocycles. The summed E-state index contributed by atoms with van der Waals surface area (Å²) >= 11 is 2.00. The number of nitrogens with zero attached hydrogens (tertiary/aromatic N) is 1. The van der Waals surface area contributed by atoms with Gasteiger partial charge in [-0.05, 0) is 39.2 Å². The zero-order chi connectivity index (χ0) is 13.5. The largest absolute Gasteiger partial charge is 0.340 e. The van der Waals surface area contributed by atoms with Crippen molar-refractivity contribution >= 4 is 17.7 Å². The van der Waals surface area contributed by atoms with Crippen LogP contribution in [0.3, 0.4) is 0 Å². The molecule has 2 saturated heterocycles. The van der Waals surface area contributed by atoms with E-state index < -0.39 is 0 Å². The number of thioether (sulfide) groups is 1. The first-order valence-corrected chi connectivity index (χ1v) is 8.66. The van der Waals surface area contributed by atoms with Crippen LogP contribution in [0.2, 0.25) is 0 Å². The molecule has 0 aromatic heterocycles. The SMILES string of the molecule is CC1(C)CN(C(=O)[C@@]23CCCC[C@H]2CNC3)CCS1. The highest BCUT2D eigenvalue weighted by Gasteiger charge is 2.52. The van der Waals surface area contributed by atoms with Crippen LogP contribution in [0.25, 0.3) is 0 Å². The van der Waals surface area contributed by atoms with Crippen LogP contribution >= 0.6 is 11.8 Å². The van der Waals surface area contributed by atoms with Crippen LogP contribution in [0.1, 0.15) is 39.5 Å². The third-order valence-electron chi connectivity index (χ3n) is 5.18. The lowest BCUT2D eigenvalue weighted by Crippen LogP contribution is -2.55. The van der Waals surface area contributed by atoms with E-state index in [4.69, 9.17) is 0 Å². The Morgan fingerprint density at radius 2 is 2.21 bits per heavy atom. The molecule has 2 aliphatic heterocycles. The maximum atomic E-state index is 13.1. The molecular weight excluding hydrogens is 256 g/mol. The first kappa shape index (κ1) is 13.7. The Morgan fingerprint density at radius 1 is 1.37 bits per heavy atom. The molecule has 0 spiro atoms. The second-order valence-corrected chi connectivity index (χ2v) is 8.87. The van der Waals surface area contributed by atoms with Gasteiger partial charge < -0.3 is 10.2 Å². The molecule has 2 heterocycles. The summed E-state index contributed by atoms with van der Waals surface area (Å²) in [4.78, 5) is 15.3. The Kier molecular flexibility index (Phi) is 3.59. The van der Waals surface area contributed by atoms with E-state index in [1.165, 1.54) is 19.3 Å². The van der Waals surface area contributed by atoms with Crippen molar-refractivity contribution in [2.45, 2.75) is 44.3 Å². The maximum absolute atomic E-state index is 13.1. The van der Waals surface area contributed by atoms with Crippen molar-refractivity contribution in [3.8, 4) is 0 Å². The quantitative estimate of drug-likeness (QED) is 0.799. The van der Waals surface area contributed by atoms with Gasteiger partial charge >= 0.3 is 0 Å². The van der Waals surface area contributed by atoms with Crippen LogP contribution in [0, 0.1) is 11.3 Å². The highest BCUT2D eigenvalue weighted by molar-refractivity contribution is 8.00. The van der Waals surface area contributed by atoms with Crippen LogP contribution in [-0.4, -0.2) is 47.5 Å². The van der Waals surface area contributed by atoms with Crippen LogP contribution in [0.15, 0.2) is 0 Å². The summed E-state index contributed by atoms with van der Waals surface area (Å²) < 4.78 is 0.223. The van der Waals surface area contributed by atoms with Crippen molar-refractivity contribution in [3.63, 3.8) is 0 Å². The molecule has 3 nitrogen and oxygen atoms in total. The van der Waals surface area contributed by atoms with E-state index in [9.17, 15) is 4.79 Å². The van der Waals surface area contributed by atoms with Crippen LogP contribution < -0.4 is 5.32 Å². The van der Waals surface area contributed by atoms with Gasteiger partial charge in [0.05, 0.1) is 5.41 Å². The maximum Gasteiger partial charge on any atom is 0.230 e. The van der Waals surface area contributed by atoms with E-state index in [1.54, 1.807) is 0 Å². The lowest BCUT2D eigenvalue weighted by molar-refractivity contribution is -0.145. The van der Waals surface area contributed by atoms with Gasteiger partial charge in [0.2, 0.25) is 5.91 Å². The number of nitrogens with one attached hydrogen (secondary N) is 1. The number of rotatable bonds is 1. The molecule has 0 radical (unpaired) electrons. The number of carbonyl (C=O) groups is 1. The predicted molar refractivity (Wildman–Crippen MR) is 80.4 cm³/mol. The monoisotopic (exact) mass is 282 g/mol. The molecule has 0 aromatic carbocycles. The van der Waals surface area contributed by atoms with E-state index >= 15 is 0 Å². The van der Waals surface area contributed by atoms with Crippen molar-refractivity contribution < 1.29 is 4.79 Å². The molecular formula is C15H26N2OS. The van der Waals surface area contributed by atoms with E-state index in [0.717, 1.165) is 38.4 Å². The third kappa shape index (κ3) is 2.42. The summed E-state index contributed by atoms with van der Waals surface area (Å²) in [6, 6.07) is 0. The Morgan fingerprint density at radius 3 is 3.00 bits per heavy atom. The second-order valence-electron chi connectivity index (χ2n) is 7.06. The zero-order valence-electron chi connectivity index (χ0n) is 12.2. The Bertz CT molecular complexity index is 371. The van der Waals surface area contributed by atoms with Gasteiger partial charge in [0, 0.05) is 30.1 Å². The molecule has 0 bridgehead atoms. The van der Waals surface area contributed by atoms with Gasteiger partial charge in [0.1, 0.15) is 0 Å². The van der Waals surface area contributed by atoms with Gasteiger partial charge in [0.15, 0.2) is 0 Å². The Balaban J connectivity index is 1.78. The number of amides is 1.